The van der Waals surface area contributed by atoms with Gasteiger partial charge in [0.2, 0.25) is 5.91 Å². The highest BCUT2D eigenvalue weighted by Gasteiger charge is 2.21. The highest BCUT2D eigenvalue weighted by molar-refractivity contribution is 5.92. The third-order valence-electron chi connectivity index (χ3n) is 3.04. The molecule has 1 aromatic carbocycles. The maximum Gasteiger partial charge on any atom is 0.303 e. The minimum atomic E-state index is -0.803. The molecule has 90 valence electrons. The van der Waals surface area contributed by atoms with E-state index in [0.29, 0.717) is 12.8 Å². The molecule has 2 rings (SSSR count). The molecule has 0 aromatic heterocycles. The molecule has 1 aliphatic rings. The largest absolute Gasteiger partial charge is 0.481 e. The molecule has 1 aromatic rings. The lowest BCUT2D eigenvalue weighted by molar-refractivity contribution is -0.137. The molecule has 1 unspecified atom stereocenters. The van der Waals surface area contributed by atoms with Gasteiger partial charge >= 0.3 is 5.97 Å². The highest BCUT2D eigenvalue weighted by atomic mass is 16.4. The number of nitrogens with one attached hydrogen (secondary N) is 1. The first-order chi connectivity index (χ1) is 8.15. The second-order valence-corrected chi connectivity index (χ2v) is 4.41. The van der Waals surface area contributed by atoms with Gasteiger partial charge < -0.3 is 10.4 Å². The van der Waals surface area contributed by atoms with E-state index in [9.17, 15) is 9.59 Å². The second kappa shape index (κ2) is 4.99. The monoisotopic (exact) mass is 233 g/mol. The molecule has 0 radical (unpaired) electrons. The zero-order valence-corrected chi connectivity index (χ0v) is 9.48. The number of anilines is 1. The van der Waals surface area contributed by atoms with Crippen molar-refractivity contribution in [1.82, 2.24) is 0 Å². The number of hydrogen-bond donors (Lipinski definition) is 2. The highest BCUT2D eigenvalue weighted by Crippen LogP contribution is 2.27. The minimum absolute atomic E-state index is 0.0228. The van der Waals surface area contributed by atoms with Crippen molar-refractivity contribution in [2.24, 2.45) is 5.92 Å². The molecule has 1 amide bonds. The summed E-state index contributed by atoms with van der Waals surface area (Å²) in [5, 5.41) is 11.5. The van der Waals surface area contributed by atoms with E-state index in [4.69, 9.17) is 5.11 Å². The molecule has 4 heteroatoms. The molecule has 0 spiro atoms. The Morgan fingerprint density at radius 2 is 2.12 bits per heavy atom. The lowest BCUT2D eigenvalue weighted by Crippen LogP contribution is -2.14. The van der Waals surface area contributed by atoms with E-state index in [2.05, 4.69) is 5.32 Å². The van der Waals surface area contributed by atoms with Crippen molar-refractivity contribution in [3.05, 3.63) is 29.8 Å². The van der Waals surface area contributed by atoms with Gasteiger partial charge in [0, 0.05) is 18.5 Å². The van der Waals surface area contributed by atoms with Crippen LogP contribution in [0.3, 0.4) is 0 Å². The number of amides is 1. The first-order valence-electron chi connectivity index (χ1n) is 5.74. The molecule has 2 N–H and O–H groups in total. The Bertz CT molecular complexity index is 442. The van der Waals surface area contributed by atoms with Crippen LogP contribution in [0.5, 0.6) is 0 Å². The van der Waals surface area contributed by atoms with Crippen LogP contribution in [0.1, 0.15) is 24.8 Å². The number of carbonyl (C=O) groups excluding carboxylic acids is 1. The Balaban J connectivity index is 2.12. The average molecular weight is 233 g/mol. The summed E-state index contributed by atoms with van der Waals surface area (Å²) in [6, 6.07) is 7.68. The number of carbonyl (C=O) groups is 2. The van der Waals surface area contributed by atoms with Gasteiger partial charge in [0.05, 0.1) is 0 Å². The lowest BCUT2D eigenvalue weighted by Gasteiger charge is -2.11. The lowest BCUT2D eigenvalue weighted by atomic mass is 9.92. The Kier molecular flexibility index (Phi) is 3.42. The number of rotatable bonds is 3. The van der Waals surface area contributed by atoms with Crippen molar-refractivity contribution >= 4 is 17.6 Å². The summed E-state index contributed by atoms with van der Waals surface area (Å²) >= 11 is 0. The van der Waals surface area contributed by atoms with Crippen molar-refractivity contribution in [3.63, 3.8) is 0 Å². The Hall–Kier alpha value is -1.84. The summed E-state index contributed by atoms with van der Waals surface area (Å²) in [6.07, 6.45) is 1.85. The van der Waals surface area contributed by atoms with E-state index >= 15 is 0 Å². The Labute approximate surface area is 99.6 Å². The molecular weight excluding hydrogens is 218 g/mol. The SMILES string of the molecule is O=C(O)CCC1CC(=O)Nc2ccccc2C1. The van der Waals surface area contributed by atoms with Gasteiger partial charge in [0.25, 0.3) is 0 Å². The summed E-state index contributed by atoms with van der Waals surface area (Å²) in [4.78, 5) is 22.2. The fraction of sp³-hybridized carbons (Fsp3) is 0.385. The molecule has 1 atom stereocenters. The topological polar surface area (TPSA) is 66.4 Å². The summed E-state index contributed by atoms with van der Waals surface area (Å²) < 4.78 is 0. The maximum atomic E-state index is 11.6. The third kappa shape index (κ3) is 3.06. The smallest absolute Gasteiger partial charge is 0.303 e. The van der Waals surface area contributed by atoms with Gasteiger partial charge in [0.1, 0.15) is 0 Å². The zero-order chi connectivity index (χ0) is 12.3. The van der Waals surface area contributed by atoms with Crippen LogP contribution >= 0.6 is 0 Å². The van der Waals surface area contributed by atoms with Crippen LogP contribution in [0.15, 0.2) is 24.3 Å². The quantitative estimate of drug-likeness (QED) is 0.839. The van der Waals surface area contributed by atoms with Crippen LogP contribution in [0.2, 0.25) is 0 Å². The zero-order valence-electron chi connectivity index (χ0n) is 9.48. The van der Waals surface area contributed by atoms with Crippen molar-refractivity contribution in [2.75, 3.05) is 5.32 Å². The fourth-order valence-electron chi connectivity index (χ4n) is 2.20. The van der Waals surface area contributed by atoms with Crippen LogP contribution in [-0.4, -0.2) is 17.0 Å². The molecule has 0 saturated carbocycles. The number of carboxylic acid groups (broad SMARTS) is 1. The van der Waals surface area contributed by atoms with Crippen LogP contribution in [0.25, 0.3) is 0 Å². The fourth-order valence-corrected chi connectivity index (χ4v) is 2.20. The van der Waals surface area contributed by atoms with Gasteiger partial charge in [-0.05, 0) is 30.4 Å². The Morgan fingerprint density at radius 1 is 1.35 bits per heavy atom. The normalized spacial score (nSPS) is 19.1. The molecule has 0 aliphatic carbocycles. The van der Waals surface area contributed by atoms with Gasteiger partial charge in [-0.15, -0.1) is 0 Å². The van der Waals surface area contributed by atoms with E-state index in [1.807, 2.05) is 24.3 Å². The van der Waals surface area contributed by atoms with Crippen molar-refractivity contribution in [3.8, 4) is 0 Å². The Morgan fingerprint density at radius 3 is 2.88 bits per heavy atom. The molecule has 0 bridgehead atoms. The van der Waals surface area contributed by atoms with Crippen molar-refractivity contribution < 1.29 is 14.7 Å². The number of aliphatic carboxylic acids is 1. The van der Waals surface area contributed by atoms with E-state index in [1.54, 1.807) is 0 Å². The van der Waals surface area contributed by atoms with Gasteiger partial charge in [-0.1, -0.05) is 18.2 Å². The first-order valence-corrected chi connectivity index (χ1v) is 5.74. The summed E-state index contributed by atoms with van der Waals surface area (Å²) in [5.74, 6) is -0.706. The van der Waals surface area contributed by atoms with Gasteiger partial charge in [-0.3, -0.25) is 9.59 Å². The van der Waals surface area contributed by atoms with Crippen LogP contribution in [-0.2, 0) is 16.0 Å². The van der Waals surface area contributed by atoms with Crippen molar-refractivity contribution in [2.45, 2.75) is 25.7 Å². The standard InChI is InChI=1S/C13H15NO3/c15-12-8-9(5-6-13(16)17)7-10-3-1-2-4-11(10)14-12/h1-4,9H,5-8H2,(H,14,15)(H,16,17). The molecule has 17 heavy (non-hydrogen) atoms. The minimum Gasteiger partial charge on any atom is -0.481 e. The van der Waals surface area contributed by atoms with Crippen molar-refractivity contribution in [1.29, 1.82) is 0 Å². The average Bonchev–Trinajstić information content (AvgIpc) is 2.43. The van der Waals surface area contributed by atoms with E-state index in [-0.39, 0.29) is 18.2 Å². The molecule has 0 fully saturated rings. The predicted octanol–water partition coefficient (Wildman–Crippen LogP) is 2.05. The number of fused-ring (bicyclic) bond motifs is 1. The van der Waals surface area contributed by atoms with E-state index in [0.717, 1.165) is 17.7 Å². The molecule has 1 aliphatic heterocycles. The number of hydrogen-bond acceptors (Lipinski definition) is 2. The second-order valence-electron chi connectivity index (χ2n) is 4.41. The van der Waals surface area contributed by atoms with Gasteiger partial charge in [-0.2, -0.15) is 0 Å². The number of carboxylic acids is 1. The molecule has 4 nitrogen and oxygen atoms in total. The summed E-state index contributed by atoms with van der Waals surface area (Å²) in [6.45, 7) is 0. The van der Waals surface area contributed by atoms with Gasteiger partial charge in [0.15, 0.2) is 0 Å². The van der Waals surface area contributed by atoms with E-state index in [1.165, 1.54) is 0 Å². The van der Waals surface area contributed by atoms with Crippen LogP contribution < -0.4 is 5.32 Å². The van der Waals surface area contributed by atoms with Crippen LogP contribution in [0.4, 0.5) is 5.69 Å². The number of benzene rings is 1. The summed E-state index contributed by atoms with van der Waals surface area (Å²) in [7, 11) is 0. The molecule has 0 saturated heterocycles. The molecular formula is C13H15NO3. The van der Waals surface area contributed by atoms with E-state index < -0.39 is 5.97 Å². The van der Waals surface area contributed by atoms with Crippen LogP contribution in [0, 0.1) is 5.92 Å². The van der Waals surface area contributed by atoms with Gasteiger partial charge in [-0.25, -0.2) is 0 Å². The number of para-hydroxylation sites is 1. The third-order valence-corrected chi connectivity index (χ3v) is 3.04. The predicted molar refractivity (Wildman–Crippen MR) is 63.8 cm³/mol. The summed E-state index contributed by atoms with van der Waals surface area (Å²) in [5.41, 5.74) is 1.95. The maximum absolute atomic E-state index is 11.6. The first kappa shape index (κ1) is 11.6. The molecule has 1 heterocycles.